The first-order valence-corrected chi connectivity index (χ1v) is 10.9. The van der Waals surface area contributed by atoms with Crippen molar-refractivity contribution < 1.29 is 14.2 Å². The number of nitrogens with zero attached hydrogens (tertiary/aromatic N) is 4. The van der Waals surface area contributed by atoms with Crippen molar-refractivity contribution in [2.24, 2.45) is 0 Å². The molecule has 0 spiro atoms. The van der Waals surface area contributed by atoms with Gasteiger partial charge >= 0.3 is 0 Å². The third kappa shape index (κ3) is 4.40. The van der Waals surface area contributed by atoms with Gasteiger partial charge in [-0.1, -0.05) is 18.2 Å². The Hall–Kier alpha value is -3.85. The number of fused-ring (bicyclic) bond motifs is 1. The van der Waals surface area contributed by atoms with E-state index in [0.29, 0.717) is 35.5 Å². The molecule has 2 N–H and O–H groups in total. The summed E-state index contributed by atoms with van der Waals surface area (Å²) in [6.07, 6.45) is 4.04. The molecule has 1 atom stereocenters. The van der Waals surface area contributed by atoms with Gasteiger partial charge in [0.05, 0.1) is 43.3 Å². The standard InChI is InChI=1S/C24H26N6O3/c1-31-17-10-11-21(32-2)20(13-17)27-22-19-15-26-30(16-7-4-3-5-8-16)23(19)29-24(28-22)25-14-18-9-6-12-33-18/h3-5,7-8,10-11,13,15,18H,6,9,12,14H2,1-2H3,(H2,25,27,28,29). The lowest BCUT2D eigenvalue weighted by molar-refractivity contribution is 0.120. The molecule has 1 fully saturated rings. The number of rotatable bonds is 8. The van der Waals surface area contributed by atoms with Gasteiger partial charge in [-0.2, -0.15) is 15.1 Å². The molecule has 0 aliphatic carbocycles. The van der Waals surface area contributed by atoms with Crippen LogP contribution in [0.4, 0.5) is 17.5 Å². The summed E-state index contributed by atoms with van der Waals surface area (Å²) in [4.78, 5) is 9.53. The molecule has 1 unspecified atom stereocenters. The summed E-state index contributed by atoms with van der Waals surface area (Å²) in [5.41, 5.74) is 2.34. The third-order valence-electron chi connectivity index (χ3n) is 5.60. The van der Waals surface area contributed by atoms with Crippen LogP contribution in [0, 0.1) is 0 Å². The van der Waals surface area contributed by atoms with Gasteiger partial charge in [0.2, 0.25) is 5.95 Å². The predicted octanol–water partition coefficient (Wildman–Crippen LogP) is 4.17. The summed E-state index contributed by atoms with van der Waals surface area (Å²) in [5.74, 6) is 2.50. The van der Waals surface area contributed by atoms with E-state index in [9.17, 15) is 0 Å². The van der Waals surface area contributed by atoms with Gasteiger partial charge in [0.15, 0.2) is 5.65 Å². The topological polar surface area (TPSA) is 95.3 Å². The fourth-order valence-electron chi connectivity index (χ4n) is 3.89. The smallest absolute Gasteiger partial charge is 0.226 e. The monoisotopic (exact) mass is 446 g/mol. The van der Waals surface area contributed by atoms with Gasteiger partial charge in [0, 0.05) is 19.2 Å². The Labute approximate surface area is 191 Å². The Balaban J connectivity index is 1.57. The van der Waals surface area contributed by atoms with Crippen LogP contribution in [-0.2, 0) is 4.74 Å². The quantitative estimate of drug-likeness (QED) is 0.416. The first-order valence-electron chi connectivity index (χ1n) is 10.9. The Kier molecular flexibility index (Phi) is 5.95. The molecule has 3 heterocycles. The number of methoxy groups -OCH3 is 2. The summed E-state index contributed by atoms with van der Waals surface area (Å²) in [7, 11) is 3.26. The maximum atomic E-state index is 5.74. The van der Waals surface area contributed by atoms with E-state index in [0.717, 1.165) is 36.2 Å². The molecule has 5 rings (SSSR count). The van der Waals surface area contributed by atoms with Crippen molar-refractivity contribution in [3.63, 3.8) is 0 Å². The predicted molar refractivity (Wildman–Crippen MR) is 127 cm³/mol. The van der Waals surface area contributed by atoms with Gasteiger partial charge in [0.25, 0.3) is 0 Å². The minimum absolute atomic E-state index is 0.165. The van der Waals surface area contributed by atoms with E-state index in [1.54, 1.807) is 20.4 Å². The van der Waals surface area contributed by atoms with Crippen LogP contribution in [0.25, 0.3) is 16.7 Å². The van der Waals surface area contributed by atoms with Crippen LogP contribution >= 0.6 is 0 Å². The molecule has 2 aromatic carbocycles. The maximum absolute atomic E-state index is 5.74. The second-order valence-corrected chi connectivity index (χ2v) is 7.73. The van der Waals surface area contributed by atoms with Crippen molar-refractivity contribution in [1.29, 1.82) is 0 Å². The number of ether oxygens (including phenoxy) is 3. The molecule has 0 saturated carbocycles. The number of benzene rings is 2. The molecule has 0 bridgehead atoms. The van der Waals surface area contributed by atoms with Gasteiger partial charge in [0.1, 0.15) is 17.3 Å². The minimum atomic E-state index is 0.165. The first kappa shape index (κ1) is 21.0. The summed E-state index contributed by atoms with van der Waals surface area (Å²) in [6.45, 7) is 1.45. The molecule has 0 amide bonds. The van der Waals surface area contributed by atoms with Gasteiger partial charge in [-0.05, 0) is 37.1 Å². The van der Waals surface area contributed by atoms with E-state index in [1.807, 2.05) is 53.2 Å². The molecule has 0 radical (unpaired) electrons. The lowest BCUT2D eigenvalue weighted by atomic mass is 10.2. The van der Waals surface area contributed by atoms with E-state index in [4.69, 9.17) is 24.2 Å². The number of nitrogens with one attached hydrogen (secondary N) is 2. The van der Waals surface area contributed by atoms with E-state index >= 15 is 0 Å². The molecule has 9 heteroatoms. The highest BCUT2D eigenvalue weighted by Gasteiger charge is 2.19. The van der Waals surface area contributed by atoms with Gasteiger partial charge in [-0.15, -0.1) is 0 Å². The number of hydrogen-bond donors (Lipinski definition) is 2. The second-order valence-electron chi connectivity index (χ2n) is 7.73. The number of anilines is 3. The molecule has 1 aliphatic heterocycles. The average Bonchev–Trinajstić information content (AvgIpc) is 3.53. The van der Waals surface area contributed by atoms with E-state index in [2.05, 4.69) is 15.7 Å². The van der Waals surface area contributed by atoms with Gasteiger partial charge in [-0.25, -0.2) is 4.68 Å². The molecule has 33 heavy (non-hydrogen) atoms. The van der Waals surface area contributed by atoms with Gasteiger partial charge < -0.3 is 24.8 Å². The number of para-hydroxylation sites is 1. The van der Waals surface area contributed by atoms with Crippen molar-refractivity contribution in [1.82, 2.24) is 19.7 Å². The molecule has 1 aliphatic rings. The fraction of sp³-hybridized carbons (Fsp3) is 0.292. The zero-order valence-electron chi connectivity index (χ0n) is 18.6. The van der Waals surface area contributed by atoms with Crippen molar-refractivity contribution in [3.8, 4) is 17.2 Å². The molecule has 4 aromatic rings. The highest BCUT2D eigenvalue weighted by Crippen LogP contribution is 2.34. The summed E-state index contributed by atoms with van der Waals surface area (Å²) in [5, 5.41) is 12.1. The number of aromatic nitrogens is 4. The van der Waals surface area contributed by atoms with Crippen LogP contribution in [0.15, 0.2) is 54.7 Å². The Morgan fingerprint density at radius 2 is 1.97 bits per heavy atom. The molecule has 9 nitrogen and oxygen atoms in total. The molecule has 170 valence electrons. The van der Waals surface area contributed by atoms with Crippen molar-refractivity contribution in [2.75, 3.05) is 38.0 Å². The minimum Gasteiger partial charge on any atom is -0.497 e. The van der Waals surface area contributed by atoms with Crippen LogP contribution in [0.5, 0.6) is 11.5 Å². The fourth-order valence-corrected chi connectivity index (χ4v) is 3.89. The molecular formula is C24H26N6O3. The molecule has 2 aromatic heterocycles. The average molecular weight is 447 g/mol. The van der Waals surface area contributed by atoms with E-state index in [1.165, 1.54) is 0 Å². The van der Waals surface area contributed by atoms with Crippen molar-refractivity contribution >= 4 is 28.5 Å². The second kappa shape index (κ2) is 9.33. The van der Waals surface area contributed by atoms with E-state index < -0.39 is 0 Å². The first-order chi connectivity index (χ1) is 16.2. The van der Waals surface area contributed by atoms with Gasteiger partial charge in [-0.3, -0.25) is 0 Å². The van der Waals surface area contributed by atoms with E-state index in [-0.39, 0.29) is 6.10 Å². The van der Waals surface area contributed by atoms with Crippen LogP contribution in [0.1, 0.15) is 12.8 Å². The highest BCUT2D eigenvalue weighted by atomic mass is 16.5. The van der Waals surface area contributed by atoms with Crippen LogP contribution in [-0.4, -0.2) is 53.2 Å². The van der Waals surface area contributed by atoms with Crippen molar-refractivity contribution in [2.45, 2.75) is 18.9 Å². The molecule has 1 saturated heterocycles. The highest BCUT2D eigenvalue weighted by molar-refractivity contribution is 5.91. The SMILES string of the molecule is COc1ccc(OC)c(Nc2nc(NCC3CCCO3)nc3c2cnn3-c2ccccc2)c1. The number of hydrogen-bond acceptors (Lipinski definition) is 8. The Bertz CT molecular complexity index is 1240. The van der Waals surface area contributed by atoms with Crippen LogP contribution in [0.2, 0.25) is 0 Å². The van der Waals surface area contributed by atoms with Crippen LogP contribution in [0.3, 0.4) is 0 Å². The van der Waals surface area contributed by atoms with Crippen LogP contribution < -0.4 is 20.1 Å². The third-order valence-corrected chi connectivity index (χ3v) is 5.60. The zero-order chi connectivity index (χ0) is 22.6. The Morgan fingerprint density at radius 3 is 2.73 bits per heavy atom. The molecular weight excluding hydrogens is 420 g/mol. The summed E-state index contributed by atoms with van der Waals surface area (Å²) >= 11 is 0. The lowest BCUT2D eigenvalue weighted by Gasteiger charge is -2.15. The maximum Gasteiger partial charge on any atom is 0.226 e. The van der Waals surface area contributed by atoms with Crippen molar-refractivity contribution in [3.05, 3.63) is 54.7 Å². The zero-order valence-corrected chi connectivity index (χ0v) is 18.6. The normalized spacial score (nSPS) is 15.5. The lowest BCUT2D eigenvalue weighted by Crippen LogP contribution is -2.20. The Morgan fingerprint density at radius 1 is 1.09 bits per heavy atom. The summed E-state index contributed by atoms with van der Waals surface area (Å²) in [6, 6.07) is 15.5. The largest absolute Gasteiger partial charge is 0.497 e. The summed E-state index contributed by atoms with van der Waals surface area (Å²) < 4.78 is 18.5.